The lowest BCUT2D eigenvalue weighted by molar-refractivity contribution is 0.479. The number of hydrogen-bond donors (Lipinski definition) is 2. The van der Waals surface area contributed by atoms with Gasteiger partial charge in [0.15, 0.2) is 0 Å². The van der Waals surface area contributed by atoms with Crippen molar-refractivity contribution in [1.29, 1.82) is 0 Å². The van der Waals surface area contributed by atoms with Crippen LogP contribution in [0, 0.1) is 6.92 Å². The average Bonchev–Trinajstić information content (AvgIpc) is 2.44. The van der Waals surface area contributed by atoms with Gasteiger partial charge in [0.2, 0.25) is 0 Å². The van der Waals surface area contributed by atoms with Crippen molar-refractivity contribution in [2.75, 3.05) is 5.73 Å². The van der Waals surface area contributed by atoms with E-state index in [4.69, 9.17) is 5.73 Å². The summed E-state index contributed by atoms with van der Waals surface area (Å²) < 4.78 is 0. The van der Waals surface area contributed by atoms with E-state index in [9.17, 15) is 5.11 Å². The van der Waals surface area contributed by atoms with E-state index in [-0.39, 0.29) is 5.75 Å². The number of fused-ring (bicyclic) bond motifs is 1. The van der Waals surface area contributed by atoms with Crippen molar-refractivity contribution in [3.05, 3.63) is 60.2 Å². The summed E-state index contributed by atoms with van der Waals surface area (Å²) in [6.45, 7) is 1.98. The minimum absolute atomic E-state index is 0.163. The lowest BCUT2D eigenvalue weighted by atomic mass is 9.94. The predicted molar refractivity (Wildman–Crippen MR) is 80.2 cm³/mol. The molecule has 3 aromatic rings. The van der Waals surface area contributed by atoms with E-state index in [1.807, 2.05) is 37.3 Å². The molecular formula is C17H15NO. The lowest BCUT2D eigenvalue weighted by Gasteiger charge is -2.13. The van der Waals surface area contributed by atoms with Crippen molar-refractivity contribution in [1.82, 2.24) is 0 Å². The van der Waals surface area contributed by atoms with Gasteiger partial charge < -0.3 is 10.8 Å². The first-order chi connectivity index (χ1) is 9.18. The molecule has 0 saturated heterocycles. The van der Waals surface area contributed by atoms with Crippen LogP contribution in [-0.4, -0.2) is 5.11 Å². The molecule has 3 aromatic carbocycles. The number of anilines is 1. The number of rotatable bonds is 1. The molecule has 0 fully saturated rings. The number of nitrogens with two attached hydrogens (primary N) is 1. The van der Waals surface area contributed by atoms with Crippen molar-refractivity contribution in [2.45, 2.75) is 6.92 Å². The molecule has 0 atom stereocenters. The molecule has 3 rings (SSSR count). The van der Waals surface area contributed by atoms with Gasteiger partial charge in [-0.1, -0.05) is 48.5 Å². The second-order valence-electron chi connectivity index (χ2n) is 4.72. The largest absolute Gasteiger partial charge is 0.505 e. The Bertz CT molecular complexity index is 757. The molecule has 94 valence electrons. The van der Waals surface area contributed by atoms with Gasteiger partial charge in [0.25, 0.3) is 0 Å². The molecule has 0 saturated carbocycles. The molecule has 0 radical (unpaired) electrons. The second-order valence-corrected chi connectivity index (χ2v) is 4.72. The normalized spacial score (nSPS) is 10.8. The van der Waals surface area contributed by atoms with Crippen molar-refractivity contribution in [3.63, 3.8) is 0 Å². The minimum atomic E-state index is 0.163. The molecular weight excluding hydrogens is 234 g/mol. The lowest BCUT2D eigenvalue weighted by Crippen LogP contribution is -1.91. The topological polar surface area (TPSA) is 46.2 Å². The number of aryl methyl sites for hydroxylation is 1. The van der Waals surface area contributed by atoms with Gasteiger partial charge in [0.1, 0.15) is 5.75 Å². The van der Waals surface area contributed by atoms with Crippen LogP contribution < -0.4 is 5.73 Å². The van der Waals surface area contributed by atoms with Crippen LogP contribution in [0.25, 0.3) is 21.9 Å². The van der Waals surface area contributed by atoms with Crippen molar-refractivity contribution >= 4 is 16.5 Å². The third-order valence-electron chi connectivity index (χ3n) is 3.48. The molecule has 0 aromatic heterocycles. The third-order valence-corrected chi connectivity index (χ3v) is 3.48. The Labute approximate surface area is 112 Å². The number of phenols is 1. The standard InChI is InChI=1S/C17H15NO/c1-11-9-10-15(18)17(19)16(11)14-8-4-6-12-5-2-3-7-13(12)14/h2-10,19H,18H2,1H3. The van der Waals surface area contributed by atoms with Crippen molar-refractivity contribution < 1.29 is 5.11 Å². The first kappa shape index (κ1) is 11.6. The van der Waals surface area contributed by atoms with Gasteiger partial charge in [-0.2, -0.15) is 0 Å². The second kappa shape index (κ2) is 4.32. The Hall–Kier alpha value is -2.48. The third kappa shape index (κ3) is 1.82. The Balaban J connectivity index is 2.40. The highest BCUT2D eigenvalue weighted by molar-refractivity contribution is 5.99. The number of hydrogen-bond acceptors (Lipinski definition) is 2. The van der Waals surface area contributed by atoms with Crippen LogP contribution in [0.1, 0.15) is 5.56 Å². The van der Waals surface area contributed by atoms with Crippen LogP contribution in [-0.2, 0) is 0 Å². The quantitative estimate of drug-likeness (QED) is 0.503. The molecule has 0 aliphatic rings. The molecule has 0 unspecified atom stereocenters. The van der Waals surface area contributed by atoms with Crippen LogP contribution >= 0.6 is 0 Å². The Kier molecular flexibility index (Phi) is 2.64. The van der Waals surface area contributed by atoms with E-state index in [2.05, 4.69) is 18.2 Å². The average molecular weight is 249 g/mol. The van der Waals surface area contributed by atoms with Crippen LogP contribution in [0.2, 0.25) is 0 Å². The summed E-state index contributed by atoms with van der Waals surface area (Å²) >= 11 is 0. The summed E-state index contributed by atoms with van der Waals surface area (Å²) in [6.07, 6.45) is 0. The van der Waals surface area contributed by atoms with Crippen LogP contribution in [0.15, 0.2) is 54.6 Å². The van der Waals surface area contributed by atoms with Gasteiger partial charge in [-0.3, -0.25) is 0 Å². The van der Waals surface area contributed by atoms with Gasteiger partial charge in [0.05, 0.1) is 5.69 Å². The van der Waals surface area contributed by atoms with Gasteiger partial charge in [-0.15, -0.1) is 0 Å². The van der Waals surface area contributed by atoms with Gasteiger partial charge in [-0.05, 0) is 34.9 Å². The maximum atomic E-state index is 10.3. The SMILES string of the molecule is Cc1ccc(N)c(O)c1-c1cccc2ccccc12. The van der Waals surface area contributed by atoms with Gasteiger partial charge >= 0.3 is 0 Å². The Morgan fingerprint density at radius 3 is 2.47 bits per heavy atom. The monoisotopic (exact) mass is 249 g/mol. The highest BCUT2D eigenvalue weighted by Gasteiger charge is 2.12. The van der Waals surface area contributed by atoms with Gasteiger partial charge in [0, 0.05) is 5.56 Å². The van der Waals surface area contributed by atoms with Crippen LogP contribution in [0.4, 0.5) is 5.69 Å². The zero-order valence-electron chi connectivity index (χ0n) is 10.7. The summed E-state index contributed by atoms with van der Waals surface area (Å²) in [6, 6.07) is 17.9. The van der Waals surface area contributed by atoms with Gasteiger partial charge in [-0.25, -0.2) is 0 Å². The van der Waals surface area contributed by atoms with Crippen LogP contribution in [0.3, 0.4) is 0 Å². The summed E-state index contributed by atoms with van der Waals surface area (Å²) in [7, 11) is 0. The van der Waals surface area contributed by atoms with E-state index in [1.165, 1.54) is 0 Å². The highest BCUT2D eigenvalue weighted by atomic mass is 16.3. The summed E-state index contributed by atoms with van der Waals surface area (Å²) in [5.41, 5.74) is 9.08. The Morgan fingerprint density at radius 2 is 1.63 bits per heavy atom. The molecule has 2 heteroatoms. The smallest absolute Gasteiger partial charge is 0.146 e. The molecule has 0 heterocycles. The maximum Gasteiger partial charge on any atom is 0.146 e. The van der Waals surface area contributed by atoms with E-state index in [0.717, 1.165) is 27.5 Å². The fourth-order valence-electron chi connectivity index (χ4n) is 2.49. The van der Waals surface area contributed by atoms with E-state index < -0.39 is 0 Å². The molecule has 2 nitrogen and oxygen atoms in total. The van der Waals surface area contributed by atoms with E-state index in [1.54, 1.807) is 6.07 Å². The molecule has 0 amide bonds. The van der Waals surface area contributed by atoms with E-state index >= 15 is 0 Å². The van der Waals surface area contributed by atoms with Crippen LogP contribution in [0.5, 0.6) is 5.75 Å². The maximum absolute atomic E-state index is 10.3. The number of benzene rings is 3. The molecule has 0 aliphatic carbocycles. The van der Waals surface area contributed by atoms with Crippen molar-refractivity contribution in [2.24, 2.45) is 0 Å². The summed E-state index contributed by atoms with van der Waals surface area (Å²) in [5, 5.41) is 12.5. The zero-order chi connectivity index (χ0) is 13.4. The number of nitrogen functional groups attached to an aromatic ring is 1. The number of phenolic OH excluding ortho intramolecular Hbond substituents is 1. The fourth-order valence-corrected chi connectivity index (χ4v) is 2.49. The molecule has 3 N–H and O–H groups in total. The summed E-state index contributed by atoms with van der Waals surface area (Å²) in [5.74, 6) is 0.163. The highest BCUT2D eigenvalue weighted by Crippen LogP contribution is 2.39. The fraction of sp³-hybridized carbons (Fsp3) is 0.0588. The first-order valence-corrected chi connectivity index (χ1v) is 6.24. The molecule has 0 aliphatic heterocycles. The van der Waals surface area contributed by atoms with E-state index in [0.29, 0.717) is 5.69 Å². The number of aromatic hydroxyl groups is 1. The Morgan fingerprint density at radius 1 is 0.895 bits per heavy atom. The molecule has 0 bridgehead atoms. The molecule has 0 spiro atoms. The molecule has 19 heavy (non-hydrogen) atoms. The zero-order valence-corrected chi connectivity index (χ0v) is 10.7. The summed E-state index contributed by atoms with van der Waals surface area (Å²) in [4.78, 5) is 0. The predicted octanol–water partition coefficient (Wildman–Crippen LogP) is 4.10. The first-order valence-electron chi connectivity index (χ1n) is 6.24. The minimum Gasteiger partial charge on any atom is -0.505 e. The van der Waals surface area contributed by atoms with Crippen molar-refractivity contribution in [3.8, 4) is 16.9 Å².